The van der Waals surface area contributed by atoms with Crippen LogP contribution in [0.25, 0.3) is 0 Å². The Labute approximate surface area is 158 Å². The van der Waals surface area contributed by atoms with Crippen molar-refractivity contribution in [2.24, 2.45) is 10.9 Å². The molecule has 3 heterocycles. The molecule has 0 N–H and O–H groups in total. The number of rotatable bonds is 4. The molecule has 1 saturated carbocycles. The second-order valence-electron chi connectivity index (χ2n) is 7.44. The molecular weight excluding hydrogens is 342 g/mol. The fourth-order valence-corrected chi connectivity index (χ4v) is 4.00. The maximum absolute atomic E-state index is 13.1. The molecule has 1 aliphatic carbocycles. The number of furan rings is 1. The summed E-state index contributed by atoms with van der Waals surface area (Å²) in [6.45, 7) is 0.831. The summed E-state index contributed by atoms with van der Waals surface area (Å²) in [5.41, 5.74) is 0.700. The number of hydrogen-bond acceptors (Lipinski definition) is 4. The monoisotopic (exact) mass is 367 g/mol. The van der Waals surface area contributed by atoms with Crippen LogP contribution in [0, 0.1) is 5.92 Å². The molecule has 6 heteroatoms. The van der Waals surface area contributed by atoms with Gasteiger partial charge in [-0.1, -0.05) is 25.3 Å². The Kier molecular flexibility index (Phi) is 5.23. The molecule has 0 bridgehead atoms. The van der Waals surface area contributed by atoms with E-state index in [1.165, 1.54) is 19.3 Å². The smallest absolute Gasteiger partial charge is 0.237 e. The Bertz CT molecular complexity index is 863. The van der Waals surface area contributed by atoms with Gasteiger partial charge in [-0.3, -0.25) is 19.1 Å². The van der Waals surface area contributed by atoms with Crippen molar-refractivity contribution in [1.29, 1.82) is 0 Å². The van der Waals surface area contributed by atoms with Crippen LogP contribution in [0.1, 0.15) is 49.1 Å². The lowest BCUT2D eigenvalue weighted by Crippen LogP contribution is -2.34. The van der Waals surface area contributed by atoms with E-state index < -0.39 is 0 Å². The van der Waals surface area contributed by atoms with Crippen LogP contribution in [-0.2, 0) is 11.3 Å². The van der Waals surface area contributed by atoms with E-state index in [9.17, 15) is 9.59 Å². The van der Waals surface area contributed by atoms with Crippen molar-refractivity contribution in [1.82, 2.24) is 9.47 Å². The Morgan fingerprint density at radius 3 is 2.78 bits per heavy atom. The zero-order valence-electron chi connectivity index (χ0n) is 15.4. The highest BCUT2D eigenvalue weighted by atomic mass is 16.3. The molecule has 1 saturated heterocycles. The van der Waals surface area contributed by atoms with Crippen LogP contribution in [0.4, 0.5) is 0 Å². The lowest BCUT2D eigenvalue weighted by molar-refractivity contribution is -0.128. The molecule has 0 spiro atoms. The summed E-state index contributed by atoms with van der Waals surface area (Å²) >= 11 is 0. The molecule has 4 rings (SSSR count). The Hall–Kier alpha value is -2.63. The van der Waals surface area contributed by atoms with Gasteiger partial charge in [0.25, 0.3) is 0 Å². The number of nitrogens with zero attached hydrogens (tertiary/aromatic N) is 3. The van der Waals surface area contributed by atoms with Crippen LogP contribution in [0.3, 0.4) is 0 Å². The molecule has 1 amide bonds. The second kappa shape index (κ2) is 7.94. The van der Waals surface area contributed by atoms with Gasteiger partial charge in [-0.2, -0.15) is 0 Å². The largest absolute Gasteiger partial charge is 0.467 e. The predicted molar refractivity (Wildman–Crippen MR) is 99.7 cm³/mol. The summed E-state index contributed by atoms with van der Waals surface area (Å²) in [6.07, 6.45) is 9.45. The predicted octanol–water partition coefficient (Wildman–Crippen LogP) is 3.00. The minimum atomic E-state index is -0.347. The van der Waals surface area contributed by atoms with E-state index in [1.807, 2.05) is 24.3 Å². The topological polar surface area (TPSA) is 67.8 Å². The summed E-state index contributed by atoms with van der Waals surface area (Å²) in [7, 11) is 0. The average molecular weight is 367 g/mol. The summed E-state index contributed by atoms with van der Waals surface area (Å²) < 4.78 is 6.96. The minimum Gasteiger partial charge on any atom is -0.467 e. The van der Waals surface area contributed by atoms with E-state index in [1.54, 1.807) is 28.0 Å². The second-order valence-corrected chi connectivity index (χ2v) is 7.44. The van der Waals surface area contributed by atoms with Crippen LogP contribution in [-0.4, -0.2) is 33.9 Å². The highest BCUT2D eigenvalue weighted by molar-refractivity contribution is 5.90. The van der Waals surface area contributed by atoms with E-state index in [2.05, 4.69) is 0 Å². The van der Waals surface area contributed by atoms with Gasteiger partial charge in [0.2, 0.25) is 11.8 Å². The number of aromatic nitrogens is 1. The van der Waals surface area contributed by atoms with Crippen LogP contribution < -0.4 is 5.49 Å². The van der Waals surface area contributed by atoms with Gasteiger partial charge in [-0.05, 0) is 37.1 Å². The lowest BCUT2D eigenvalue weighted by Gasteiger charge is -2.18. The first-order chi connectivity index (χ1) is 13.2. The van der Waals surface area contributed by atoms with Crippen molar-refractivity contribution in [2.45, 2.75) is 51.1 Å². The molecule has 1 aliphatic heterocycles. The van der Waals surface area contributed by atoms with Crippen LogP contribution in [0.2, 0.25) is 0 Å². The Balaban J connectivity index is 1.51. The fourth-order valence-electron chi connectivity index (χ4n) is 4.00. The lowest BCUT2D eigenvalue weighted by atomic mass is 9.96. The van der Waals surface area contributed by atoms with Gasteiger partial charge in [0, 0.05) is 19.2 Å². The first-order valence-electron chi connectivity index (χ1n) is 9.76. The fraction of sp³-hybridized carbons (Fsp3) is 0.476. The third-order valence-electron chi connectivity index (χ3n) is 5.46. The maximum Gasteiger partial charge on any atom is 0.237 e. The summed E-state index contributed by atoms with van der Waals surface area (Å²) in [6, 6.07) is 9.58. The van der Waals surface area contributed by atoms with E-state index in [-0.39, 0.29) is 24.2 Å². The number of carbonyl (C=O) groups is 2. The number of carbonyl (C=O) groups excluding carboxylic acids is 2. The third-order valence-corrected chi connectivity index (χ3v) is 5.46. The maximum atomic E-state index is 13.1. The molecule has 142 valence electrons. The zero-order chi connectivity index (χ0) is 18.6. The average Bonchev–Trinajstić information content (AvgIpc) is 3.33. The standard InChI is InChI=1S/C21H25N3O3/c25-20-13-16(14-23(20)15-18-9-6-12-27-18)21(26)24-11-5-4-10-19(24)22-17-7-2-1-3-8-17/h4-6,9-12,16-17H,1-3,7-8,13-15H2. The quantitative estimate of drug-likeness (QED) is 0.834. The van der Waals surface area contributed by atoms with E-state index in [0.29, 0.717) is 24.6 Å². The van der Waals surface area contributed by atoms with Crippen molar-refractivity contribution in [3.63, 3.8) is 0 Å². The molecule has 0 aromatic carbocycles. The minimum absolute atomic E-state index is 0.00736. The van der Waals surface area contributed by atoms with E-state index in [4.69, 9.17) is 9.41 Å². The number of amides is 1. The van der Waals surface area contributed by atoms with Gasteiger partial charge in [-0.25, -0.2) is 0 Å². The molecule has 2 aliphatic rings. The van der Waals surface area contributed by atoms with Crippen molar-refractivity contribution in [3.05, 3.63) is 54.0 Å². The summed E-state index contributed by atoms with van der Waals surface area (Å²) in [5.74, 6) is 0.324. The van der Waals surface area contributed by atoms with Gasteiger partial charge in [0.1, 0.15) is 11.2 Å². The molecule has 0 radical (unpaired) electrons. The Morgan fingerprint density at radius 1 is 1.15 bits per heavy atom. The molecule has 2 aromatic rings. The SMILES string of the molecule is O=C1CC(C(=O)n2ccccc2=NC2CCCCC2)CN1Cc1ccco1. The summed E-state index contributed by atoms with van der Waals surface area (Å²) in [4.78, 5) is 32.0. The molecule has 1 unspecified atom stereocenters. The number of likely N-dealkylation sites (tertiary alicyclic amines) is 1. The van der Waals surface area contributed by atoms with Gasteiger partial charge in [0.15, 0.2) is 0 Å². The molecular formula is C21H25N3O3. The van der Waals surface area contributed by atoms with E-state index >= 15 is 0 Å². The first kappa shape index (κ1) is 17.8. The molecule has 6 nitrogen and oxygen atoms in total. The molecule has 2 aromatic heterocycles. The molecule has 27 heavy (non-hydrogen) atoms. The highest BCUT2D eigenvalue weighted by Gasteiger charge is 2.35. The van der Waals surface area contributed by atoms with Crippen LogP contribution in [0.15, 0.2) is 52.2 Å². The van der Waals surface area contributed by atoms with Gasteiger partial charge in [0.05, 0.1) is 24.8 Å². The van der Waals surface area contributed by atoms with Crippen LogP contribution in [0.5, 0.6) is 0 Å². The van der Waals surface area contributed by atoms with Crippen molar-refractivity contribution in [2.75, 3.05) is 6.54 Å². The summed E-state index contributed by atoms with van der Waals surface area (Å²) in [5, 5.41) is 0. The number of pyridine rings is 1. The first-order valence-corrected chi connectivity index (χ1v) is 9.76. The Morgan fingerprint density at radius 2 is 2.00 bits per heavy atom. The van der Waals surface area contributed by atoms with Gasteiger partial charge >= 0.3 is 0 Å². The number of hydrogen-bond donors (Lipinski definition) is 0. The highest BCUT2D eigenvalue weighted by Crippen LogP contribution is 2.22. The van der Waals surface area contributed by atoms with Crippen molar-refractivity contribution >= 4 is 11.8 Å². The van der Waals surface area contributed by atoms with Crippen molar-refractivity contribution in [3.8, 4) is 0 Å². The third kappa shape index (κ3) is 4.04. The normalized spacial score (nSPS) is 21.8. The zero-order valence-corrected chi connectivity index (χ0v) is 15.4. The van der Waals surface area contributed by atoms with Crippen molar-refractivity contribution < 1.29 is 14.0 Å². The van der Waals surface area contributed by atoms with Gasteiger partial charge in [-0.15, -0.1) is 0 Å². The molecule has 1 atom stereocenters. The van der Waals surface area contributed by atoms with Crippen LogP contribution >= 0.6 is 0 Å². The van der Waals surface area contributed by atoms with E-state index in [0.717, 1.165) is 18.6 Å². The van der Waals surface area contributed by atoms with Gasteiger partial charge < -0.3 is 9.32 Å². The molecule has 2 fully saturated rings.